The van der Waals surface area contributed by atoms with Gasteiger partial charge < -0.3 is 10.2 Å². The summed E-state index contributed by atoms with van der Waals surface area (Å²) < 4.78 is 0. The van der Waals surface area contributed by atoms with Crippen molar-refractivity contribution in [3.8, 4) is 0 Å². The van der Waals surface area contributed by atoms with E-state index >= 15 is 0 Å². The summed E-state index contributed by atoms with van der Waals surface area (Å²) in [5.41, 5.74) is 0.751. The van der Waals surface area contributed by atoms with Gasteiger partial charge in [0.05, 0.1) is 4.91 Å². The molecule has 160 valence electrons. The Hall–Kier alpha value is -2.91. The van der Waals surface area contributed by atoms with E-state index < -0.39 is 11.1 Å². The molecule has 0 atom stereocenters. The molecule has 2 fully saturated rings. The Morgan fingerprint density at radius 3 is 2.48 bits per heavy atom. The van der Waals surface area contributed by atoms with Crippen molar-refractivity contribution in [2.75, 3.05) is 25.0 Å². The van der Waals surface area contributed by atoms with Gasteiger partial charge in [0.2, 0.25) is 11.8 Å². The van der Waals surface area contributed by atoms with E-state index in [1.54, 1.807) is 11.0 Å². The third-order valence-electron chi connectivity index (χ3n) is 5.24. The maximum Gasteiger partial charge on any atom is 0.294 e. The molecular weight excluding hydrogens is 434 g/mol. The molecule has 1 aromatic heterocycles. The van der Waals surface area contributed by atoms with Gasteiger partial charge in [-0.05, 0) is 54.3 Å². The molecule has 0 aliphatic carbocycles. The molecule has 9 heteroatoms. The summed E-state index contributed by atoms with van der Waals surface area (Å²) in [7, 11) is 0. The van der Waals surface area contributed by atoms with Gasteiger partial charge in [-0.3, -0.25) is 24.1 Å². The van der Waals surface area contributed by atoms with E-state index in [0.717, 1.165) is 27.2 Å². The van der Waals surface area contributed by atoms with Crippen LogP contribution in [-0.2, 0) is 14.4 Å². The molecule has 1 aromatic carbocycles. The third kappa shape index (κ3) is 5.05. The van der Waals surface area contributed by atoms with Crippen LogP contribution in [0.4, 0.5) is 10.5 Å². The number of piperidine rings is 1. The number of carbonyl (C=O) groups is 4. The summed E-state index contributed by atoms with van der Waals surface area (Å²) in [6, 6.07) is 13.0. The predicted molar refractivity (Wildman–Crippen MR) is 121 cm³/mol. The second kappa shape index (κ2) is 9.49. The van der Waals surface area contributed by atoms with Gasteiger partial charge >= 0.3 is 0 Å². The second-order valence-corrected chi connectivity index (χ2v) is 9.27. The van der Waals surface area contributed by atoms with E-state index in [4.69, 9.17) is 0 Å². The molecule has 31 heavy (non-hydrogen) atoms. The number of thiophene rings is 1. The lowest BCUT2D eigenvalue weighted by molar-refractivity contribution is -0.137. The number of hydrogen-bond acceptors (Lipinski definition) is 6. The van der Waals surface area contributed by atoms with E-state index in [0.29, 0.717) is 30.8 Å². The normalized spacial score (nSPS) is 18.6. The Kier molecular flexibility index (Phi) is 6.53. The summed E-state index contributed by atoms with van der Waals surface area (Å²) in [5, 5.41) is 4.36. The highest BCUT2D eigenvalue weighted by atomic mass is 32.2. The second-order valence-electron chi connectivity index (χ2n) is 7.29. The topological polar surface area (TPSA) is 86.8 Å². The molecule has 1 N–H and O–H groups in total. The zero-order chi connectivity index (χ0) is 21.8. The minimum Gasteiger partial charge on any atom is -0.341 e. The van der Waals surface area contributed by atoms with Crippen molar-refractivity contribution in [1.29, 1.82) is 0 Å². The number of likely N-dealkylation sites (tertiary alicyclic amines) is 1. The molecule has 2 saturated heterocycles. The highest BCUT2D eigenvalue weighted by molar-refractivity contribution is 8.18. The van der Waals surface area contributed by atoms with Gasteiger partial charge in [0.1, 0.15) is 6.54 Å². The quantitative estimate of drug-likeness (QED) is 0.696. The van der Waals surface area contributed by atoms with Gasteiger partial charge in [-0.15, -0.1) is 11.3 Å². The van der Waals surface area contributed by atoms with Gasteiger partial charge in [0, 0.05) is 29.6 Å². The molecule has 3 heterocycles. The predicted octanol–water partition coefficient (Wildman–Crippen LogP) is 3.66. The zero-order valence-corrected chi connectivity index (χ0v) is 18.3. The van der Waals surface area contributed by atoms with E-state index in [9.17, 15) is 19.2 Å². The van der Waals surface area contributed by atoms with Crippen LogP contribution >= 0.6 is 23.1 Å². The first-order chi connectivity index (χ1) is 15.0. The maximum absolute atomic E-state index is 12.7. The number of thioether (sulfide) groups is 1. The summed E-state index contributed by atoms with van der Waals surface area (Å²) in [5.74, 6) is -0.936. The molecule has 0 saturated carbocycles. The van der Waals surface area contributed by atoms with Crippen molar-refractivity contribution >= 4 is 57.8 Å². The first-order valence-corrected chi connectivity index (χ1v) is 11.6. The first-order valence-electron chi connectivity index (χ1n) is 9.94. The number of hydrogen-bond donors (Lipinski definition) is 1. The summed E-state index contributed by atoms with van der Waals surface area (Å²) in [6.45, 7) is 0.577. The maximum atomic E-state index is 12.7. The average Bonchev–Trinajstić information content (AvgIpc) is 3.38. The van der Waals surface area contributed by atoms with Crippen LogP contribution in [-0.4, -0.2) is 52.4 Å². The lowest BCUT2D eigenvalue weighted by Crippen LogP contribution is -2.46. The highest BCUT2D eigenvalue weighted by Gasteiger charge is 2.38. The molecule has 0 spiro atoms. The molecule has 4 rings (SSSR count). The lowest BCUT2D eigenvalue weighted by atomic mass is 9.95. The molecule has 2 aromatic rings. The SMILES string of the molecule is O=C(Nc1ccccc1)C1CCN(C(=O)CN2C(=O)S/C(=C\c3cccs3)C2=O)CC1. The van der Waals surface area contributed by atoms with Crippen LogP contribution in [0.5, 0.6) is 0 Å². The Bertz CT molecular complexity index is 1010. The van der Waals surface area contributed by atoms with Gasteiger partial charge in [-0.1, -0.05) is 24.3 Å². The van der Waals surface area contributed by atoms with Crippen LogP contribution in [0.25, 0.3) is 6.08 Å². The van der Waals surface area contributed by atoms with E-state index in [1.165, 1.54) is 11.3 Å². The summed E-state index contributed by atoms with van der Waals surface area (Å²) in [6.07, 6.45) is 2.77. The monoisotopic (exact) mass is 455 g/mol. The van der Waals surface area contributed by atoms with Gasteiger partial charge in [-0.2, -0.15) is 0 Å². The van der Waals surface area contributed by atoms with Gasteiger partial charge in [0.25, 0.3) is 11.1 Å². The van der Waals surface area contributed by atoms with Crippen molar-refractivity contribution < 1.29 is 19.2 Å². The number of anilines is 1. The number of imide groups is 1. The Balaban J connectivity index is 1.29. The molecule has 2 aliphatic heterocycles. The average molecular weight is 456 g/mol. The number of para-hydroxylation sites is 1. The Morgan fingerprint density at radius 2 is 1.81 bits per heavy atom. The lowest BCUT2D eigenvalue weighted by Gasteiger charge is -2.32. The number of rotatable bonds is 5. The third-order valence-corrected chi connectivity index (χ3v) is 6.97. The van der Waals surface area contributed by atoms with Crippen molar-refractivity contribution in [3.63, 3.8) is 0 Å². The number of benzene rings is 1. The summed E-state index contributed by atoms with van der Waals surface area (Å²) in [4.78, 5) is 53.8. The highest BCUT2D eigenvalue weighted by Crippen LogP contribution is 2.33. The Labute approximate surface area is 188 Å². The van der Waals surface area contributed by atoms with E-state index in [2.05, 4.69) is 5.32 Å². The molecule has 0 bridgehead atoms. The van der Waals surface area contributed by atoms with Crippen LogP contribution in [0.3, 0.4) is 0 Å². The molecular formula is C22H21N3O4S2. The summed E-state index contributed by atoms with van der Waals surface area (Å²) >= 11 is 2.33. The van der Waals surface area contributed by atoms with Crippen molar-refractivity contribution in [1.82, 2.24) is 9.80 Å². The van der Waals surface area contributed by atoms with Crippen molar-refractivity contribution in [3.05, 3.63) is 57.6 Å². The smallest absolute Gasteiger partial charge is 0.294 e. The zero-order valence-electron chi connectivity index (χ0n) is 16.7. The fourth-order valence-electron chi connectivity index (χ4n) is 3.53. The van der Waals surface area contributed by atoms with E-state index in [1.807, 2.05) is 47.8 Å². The molecule has 2 aliphatic rings. The number of nitrogens with zero attached hydrogens (tertiary/aromatic N) is 2. The van der Waals surface area contributed by atoms with E-state index in [-0.39, 0.29) is 24.3 Å². The van der Waals surface area contributed by atoms with Crippen LogP contribution < -0.4 is 5.32 Å². The van der Waals surface area contributed by atoms with Crippen LogP contribution in [0.2, 0.25) is 0 Å². The van der Waals surface area contributed by atoms with Crippen LogP contribution in [0.1, 0.15) is 17.7 Å². The van der Waals surface area contributed by atoms with Gasteiger partial charge in [0.15, 0.2) is 0 Å². The van der Waals surface area contributed by atoms with Crippen molar-refractivity contribution in [2.24, 2.45) is 5.92 Å². The minimum absolute atomic E-state index is 0.0528. The molecule has 4 amide bonds. The largest absolute Gasteiger partial charge is 0.341 e. The first kappa shape index (κ1) is 21.3. The number of nitrogens with one attached hydrogen (secondary N) is 1. The fraction of sp³-hybridized carbons (Fsp3) is 0.273. The van der Waals surface area contributed by atoms with Crippen molar-refractivity contribution in [2.45, 2.75) is 12.8 Å². The number of amides is 4. The fourth-order valence-corrected chi connectivity index (χ4v) is 5.09. The Morgan fingerprint density at radius 1 is 1.06 bits per heavy atom. The number of carbonyl (C=O) groups excluding carboxylic acids is 4. The van der Waals surface area contributed by atoms with Gasteiger partial charge in [-0.25, -0.2) is 0 Å². The van der Waals surface area contributed by atoms with Crippen LogP contribution in [0.15, 0.2) is 52.7 Å². The standard InChI is InChI=1S/C22H21N3O4S2/c26-19(14-25-21(28)18(31-22(25)29)13-17-7-4-12-30-17)24-10-8-15(9-11-24)20(27)23-16-5-2-1-3-6-16/h1-7,12-13,15H,8-11,14H2,(H,23,27)/b18-13-. The van der Waals surface area contributed by atoms with Crippen LogP contribution in [0, 0.1) is 5.92 Å². The minimum atomic E-state index is -0.436. The molecule has 7 nitrogen and oxygen atoms in total. The molecule has 0 radical (unpaired) electrons. The molecule has 0 unspecified atom stereocenters.